The van der Waals surface area contributed by atoms with E-state index in [-0.39, 0.29) is 29.1 Å². The molecule has 0 N–H and O–H groups in total. The van der Waals surface area contributed by atoms with E-state index in [1.165, 1.54) is 7.11 Å². The molecule has 0 saturated carbocycles. The van der Waals surface area contributed by atoms with E-state index in [1.54, 1.807) is 47.4 Å². The Morgan fingerprint density at radius 3 is 2.50 bits per heavy atom. The summed E-state index contributed by atoms with van der Waals surface area (Å²) in [6.45, 7) is 5.77. The molecule has 7 nitrogen and oxygen atoms in total. The van der Waals surface area contributed by atoms with Gasteiger partial charge in [-0.1, -0.05) is 22.0 Å². The molecule has 4 rings (SSSR count). The Bertz CT molecular complexity index is 1380. The van der Waals surface area contributed by atoms with Crippen LogP contribution in [0.1, 0.15) is 25.0 Å². The van der Waals surface area contributed by atoms with E-state index in [1.807, 2.05) is 39.0 Å². The third-order valence-corrected chi connectivity index (χ3v) is 8.42. The number of hydrogen-bond acceptors (Lipinski definition) is 5. The molecule has 36 heavy (non-hydrogen) atoms. The van der Waals surface area contributed by atoms with Gasteiger partial charge in [0.1, 0.15) is 22.9 Å². The van der Waals surface area contributed by atoms with Crippen LogP contribution in [0.5, 0.6) is 11.5 Å². The number of rotatable bonds is 8. The lowest BCUT2D eigenvalue weighted by molar-refractivity contribution is -0.117. The highest BCUT2D eigenvalue weighted by atomic mass is 79.9. The van der Waals surface area contributed by atoms with E-state index in [2.05, 4.69) is 15.9 Å². The third kappa shape index (κ3) is 5.08. The van der Waals surface area contributed by atoms with Gasteiger partial charge in [-0.05, 0) is 92.9 Å². The van der Waals surface area contributed by atoms with Crippen LogP contribution in [0.25, 0.3) is 0 Å². The van der Waals surface area contributed by atoms with Crippen molar-refractivity contribution in [2.75, 3.05) is 29.5 Å². The minimum Gasteiger partial charge on any atom is -0.495 e. The highest BCUT2D eigenvalue weighted by molar-refractivity contribution is 9.10. The Hall–Kier alpha value is -3.04. The number of amides is 1. The number of carbonyl (C=O) groups is 1. The molecule has 9 heteroatoms. The van der Waals surface area contributed by atoms with E-state index in [9.17, 15) is 13.2 Å². The molecule has 0 unspecified atom stereocenters. The summed E-state index contributed by atoms with van der Waals surface area (Å²) in [5.41, 5.74) is 2.96. The van der Waals surface area contributed by atoms with Crippen molar-refractivity contribution in [1.29, 1.82) is 0 Å². The Labute approximate surface area is 220 Å². The van der Waals surface area contributed by atoms with Gasteiger partial charge in [0.05, 0.1) is 19.4 Å². The number of ether oxygens (including phenoxy) is 2. The summed E-state index contributed by atoms with van der Waals surface area (Å²) in [7, 11) is -2.73. The van der Waals surface area contributed by atoms with Gasteiger partial charge in [-0.2, -0.15) is 0 Å². The number of benzene rings is 3. The summed E-state index contributed by atoms with van der Waals surface area (Å²) in [5.74, 6) is 0.520. The van der Waals surface area contributed by atoms with Crippen molar-refractivity contribution < 1.29 is 22.7 Å². The maximum atomic E-state index is 14.0. The molecule has 0 aliphatic carbocycles. The first-order chi connectivity index (χ1) is 17.1. The lowest BCUT2D eigenvalue weighted by Gasteiger charge is -2.29. The fourth-order valence-electron chi connectivity index (χ4n) is 4.47. The summed E-state index contributed by atoms with van der Waals surface area (Å²) in [4.78, 5) is 15.4. The SMILES string of the molecule is CCOc1ccc(N(CC(=O)N2c3ccc(Br)cc3C[C@@H]2C)S(=O)(=O)c2cc(C)ccc2OC)cc1. The number of nitrogens with zero attached hydrogens (tertiary/aromatic N) is 2. The highest BCUT2D eigenvalue weighted by Gasteiger charge is 2.36. The van der Waals surface area contributed by atoms with Gasteiger partial charge in [0.2, 0.25) is 5.91 Å². The van der Waals surface area contributed by atoms with E-state index in [4.69, 9.17) is 9.47 Å². The second-order valence-corrected chi connectivity index (χ2v) is 11.4. The molecule has 0 saturated heterocycles. The molecule has 0 spiro atoms. The second kappa shape index (κ2) is 10.5. The molecule has 0 fully saturated rings. The lowest BCUT2D eigenvalue weighted by atomic mass is 10.1. The van der Waals surface area contributed by atoms with Gasteiger partial charge in [0.25, 0.3) is 10.0 Å². The molecule has 1 atom stereocenters. The van der Waals surface area contributed by atoms with Crippen molar-refractivity contribution in [2.24, 2.45) is 0 Å². The Morgan fingerprint density at radius 2 is 1.83 bits per heavy atom. The number of fused-ring (bicyclic) bond motifs is 1. The minimum atomic E-state index is -4.16. The van der Waals surface area contributed by atoms with Gasteiger partial charge in [0.15, 0.2) is 0 Å². The number of methoxy groups -OCH3 is 1. The summed E-state index contributed by atoms with van der Waals surface area (Å²) < 4.78 is 41.1. The van der Waals surface area contributed by atoms with Crippen LogP contribution in [0.2, 0.25) is 0 Å². The number of sulfonamides is 1. The van der Waals surface area contributed by atoms with Crippen LogP contribution in [-0.4, -0.2) is 40.6 Å². The van der Waals surface area contributed by atoms with Crippen molar-refractivity contribution in [1.82, 2.24) is 0 Å². The lowest BCUT2D eigenvalue weighted by Crippen LogP contribution is -2.45. The van der Waals surface area contributed by atoms with Crippen LogP contribution in [0.15, 0.2) is 70.0 Å². The number of carbonyl (C=O) groups excluding carboxylic acids is 1. The van der Waals surface area contributed by atoms with Gasteiger partial charge < -0.3 is 14.4 Å². The third-order valence-electron chi connectivity index (χ3n) is 6.13. The smallest absolute Gasteiger partial charge is 0.268 e. The Balaban J connectivity index is 1.77. The molecule has 1 aliphatic heterocycles. The number of hydrogen-bond donors (Lipinski definition) is 0. The fraction of sp³-hybridized carbons (Fsp3) is 0.296. The molecule has 0 radical (unpaired) electrons. The zero-order valence-corrected chi connectivity index (χ0v) is 23.1. The zero-order chi connectivity index (χ0) is 26.0. The number of halogens is 1. The van der Waals surface area contributed by atoms with Crippen LogP contribution in [0, 0.1) is 6.92 Å². The normalized spacial score (nSPS) is 14.9. The average Bonchev–Trinajstić information content (AvgIpc) is 3.17. The van der Waals surface area contributed by atoms with Gasteiger partial charge in [-0.3, -0.25) is 9.10 Å². The summed E-state index contributed by atoms with van der Waals surface area (Å²) in [6.07, 6.45) is 0.696. The van der Waals surface area contributed by atoms with Gasteiger partial charge in [-0.15, -0.1) is 0 Å². The number of anilines is 2. The van der Waals surface area contributed by atoms with Crippen LogP contribution in [-0.2, 0) is 21.2 Å². The molecule has 0 aromatic heterocycles. The first-order valence-corrected chi connectivity index (χ1v) is 13.9. The van der Waals surface area contributed by atoms with Crippen molar-refractivity contribution in [3.05, 3.63) is 76.3 Å². The highest BCUT2D eigenvalue weighted by Crippen LogP contribution is 2.36. The molecule has 3 aromatic rings. The van der Waals surface area contributed by atoms with Gasteiger partial charge >= 0.3 is 0 Å². The summed E-state index contributed by atoms with van der Waals surface area (Å²) in [5, 5.41) is 0. The molecule has 190 valence electrons. The predicted molar refractivity (Wildman–Crippen MR) is 145 cm³/mol. The van der Waals surface area contributed by atoms with Crippen LogP contribution >= 0.6 is 15.9 Å². The first-order valence-electron chi connectivity index (χ1n) is 11.7. The fourth-order valence-corrected chi connectivity index (χ4v) is 6.54. The molecular formula is C27H29BrN2O5S. The standard InChI is InChI=1S/C27H29BrN2O5S/c1-5-35-23-10-8-22(9-11-23)29(36(32,33)26-14-18(2)6-13-25(26)34-4)17-27(31)30-19(3)15-20-16-21(28)7-12-24(20)30/h6-14,16,19H,5,15,17H2,1-4H3/t19-/m0/s1. The molecule has 1 heterocycles. The van der Waals surface area contributed by atoms with Crippen molar-refractivity contribution >= 4 is 43.2 Å². The largest absolute Gasteiger partial charge is 0.495 e. The quantitative estimate of drug-likeness (QED) is 0.364. The second-order valence-electron chi connectivity index (χ2n) is 8.68. The summed E-state index contributed by atoms with van der Waals surface area (Å²) in [6, 6.07) is 17.3. The average molecular weight is 574 g/mol. The Kier molecular flexibility index (Phi) is 7.61. The van der Waals surface area contributed by atoms with Gasteiger partial charge in [-0.25, -0.2) is 8.42 Å². The topological polar surface area (TPSA) is 76.2 Å². The van der Waals surface area contributed by atoms with Crippen molar-refractivity contribution in [2.45, 2.75) is 38.1 Å². The van der Waals surface area contributed by atoms with Crippen LogP contribution < -0.4 is 18.7 Å². The molecule has 1 aliphatic rings. The van der Waals surface area contributed by atoms with Crippen LogP contribution in [0.3, 0.4) is 0 Å². The van der Waals surface area contributed by atoms with E-state index in [0.29, 0.717) is 24.5 Å². The van der Waals surface area contributed by atoms with E-state index < -0.39 is 10.0 Å². The monoisotopic (exact) mass is 572 g/mol. The Morgan fingerprint density at radius 1 is 1.11 bits per heavy atom. The van der Waals surface area contributed by atoms with Gasteiger partial charge in [0, 0.05) is 16.2 Å². The summed E-state index contributed by atoms with van der Waals surface area (Å²) >= 11 is 3.49. The zero-order valence-electron chi connectivity index (χ0n) is 20.7. The number of aryl methyl sites for hydroxylation is 1. The van der Waals surface area contributed by atoms with Crippen molar-refractivity contribution in [3.8, 4) is 11.5 Å². The minimum absolute atomic E-state index is 0.00508. The maximum absolute atomic E-state index is 14.0. The first kappa shape index (κ1) is 26.0. The van der Waals surface area contributed by atoms with Crippen LogP contribution in [0.4, 0.5) is 11.4 Å². The van der Waals surface area contributed by atoms with E-state index >= 15 is 0 Å². The molecule has 0 bridgehead atoms. The predicted octanol–water partition coefficient (Wildman–Crippen LogP) is 5.34. The van der Waals surface area contributed by atoms with Crippen molar-refractivity contribution in [3.63, 3.8) is 0 Å². The molecule has 3 aromatic carbocycles. The molecular weight excluding hydrogens is 544 g/mol. The maximum Gasteiger partial charge on any atom is 0.268 e. The van der Waals surface area contributed by atoms with E-state index in [0.717, 1.165) is 25.6 Å². The molecule has 1 amide bonds.